The van der Waals surface area contributed by atoms with Crippen LogP contribution in [0.1, 0.15) is 26.7 Å². The van der Waals surface area contributed by atoms with Crippen molar-refractivity contribution in [1.82, 2.24) is 0 Å². The van der Waals surface area contributed by atoms with E-state index in [0.717, 1.165) is 23.0 Å². The lowest BCUT2D eigenvalue weighted by molar-refractivity contribution is 0.672. The van der Waals surface area contributed by atoms with Crippen LogP contribution in [0.2, 0.25) is 10.0 Å². The van der Waals surface area contributed by atoms with E-state index in [4.69, 9.17) is 23.2 Å². The van der Waals surface area contributed by atoms with Gasteiger partial charge in [-0.3, -0.25) is 0 Å². The lowest BCUT2D eigenvalue weighted by Crippen LogP contribution is -2.17. The molecule has 84 valence electrons. The molecule has 1 rings (SSSR count). The van der Waals surface area contributed by atoms with E-state index in [9.17, 15) is 0 Å². The SMILES string of the molecule is CCC(CC)Nc1ccc(Br)c(Cl)c1Cl. The second-order valence-electron chi connectivity index (χ2n) is 3.38. The van der Waals surface area contributed by atoms with Crippen LogP contribution in [0, 0.1) is 0 Å². The summed E-state index contributed by atoms with van der Waals surface area (Å²) in [5, 5.41) is 4.52. The summed E-state index contributed by atoms with van der Waals surface area (Å²) < 4.78 is 0.823. The molecule has 0 unspecified atom stereocenters. The molecule has 0 heterocycles. The fraction of sp³-hybridized carbons (Fsp3) is 0.455. The number of hydrogen-bond donors (Lipinski definition) is 1. The zero-order chi connectivity index (χ0) is 11.4. The van der Waals surface area contributed by atoms with Crippen molar-refractivity contribution in [2.45, 2.75) is 32.7 Å². The third-order valence-corrected chi connectivity index (χ3v) is 4.15. The molecule has 0 saturated carbocycles. The van der Waals surface area contributed by atoms with Crippen LogP contribution in [0.5, 0.6) is 0 Å². The third kappa shape index (κ3) is 3.27. The minimum atomic E-state index is 0.444. The maximum absolute atomic E-state index is 6.13. The van der Waals surface area contributed by atoms with Gasteiger partial charge in [-0.25, -0.2) is 0 Å². The van der Waals surface area contributed by atoms with Crippen LogP contribution in [0.4, 0.5) is 5.69 Å². The highest BCUT2D eigenvalue weighted by atomic mass is 79.9. The van der Waals surface area contributed by atoms with Gasteiger partial charge in [0, 0.05) is 10.5 Å². The molecule has 1 nitrogen and oxygen atoms in total. The summed E-state index contributed by atoms with van der Waals surface area (Å²) >= 11 is 15.5. The summed E-state index contributed by atoms with van der Waals surface area (Å²) in [6.07, 6.45) is 2.14. The number of rotatable bonds is 4. The first-order valence-electron chi connectivity index (χ1n) is 5.00. The highest BCUT2D eigenvalue weighted by molar-refractivity contribution is 9.10. The molecule has 0 fully saturated rings. The van der Waals surface area contributed by atoms with E-state index in [1.807, 2.05) is 12.1 Å². The molecule has 0 saturated heterocycles. The Morgan fingerprint density at radius 3 is 2.33 bits per heavy atom. The highest BCUT2D eigenvalue weighted by Crippen LogP contribution is 2.36. The zero-order valence-electron chi connectivity index (χ0n) is 8.78. The minimum absolute atomic E-state index is 0.444. The fourth-order valence-electron chi connectivity index (χ4n) is 1.35. The summed E-state index contributed by atoms with van der Waals surface area (Å²) in [7, 11) is 0. The van der Waals surface area contributed by atoms with Crippen molar-refractivity contribution in [1.29, 1.82) is 0 Å². The average molecular weight is 311 g/mol. The maximum Gasteiger partial charge on any atom is 0.0835 e. The second kappa shape index (κ2) is 5.97. The van der Waals surface area contributed by atoms with E-state index in [0.29, 0.717) is 16.1 Å². The van der Waals surface area contributed by atoms with Crippen LogP contribution in [0.3, 0.4) is 0 Å². The Morgan fingerprint density at radius 2 is 1.80 bits per heavy atom. The van der Waals surface area contributed by atoms with Gasteiger partial charge < -0.3 is 5.32 Å². The van der Waals surface area contributed by atoms with E-state index < -0.39 is 0 Å². The van der Waals surface area contributed by atoms with Gasteiger partial charge in [0.2, 0.25) is 0 Å². The predicted molar refractivity (Wildman–Crippen MR) is 72.2 cm³/mol. The molecule has 0 radical (unpaired) electrons. The van der Waals surface area contributed by atoms with Crippen molar-refractivity contribution in [2.75, 3.05) is 5.32 Å². The molecule has 0 atom stereocenters. The topological polar surface area (TPSA) is 12.0 Å². The van der Waals surface area contributed by atoms with E-state index >= 15 is 0 Å². The predicted octanol–water partition coefficient (Wildman–Crippen LogP) is 5.36. The van der Waals surface area contributed by atoms with Gasteiger partial charge in [0.25, 0.3) is 0 Å². The number of halogens is 3. The Balaban J connectivity index is 2.91. The van der Waals surface area contributed by atoms with Gasteiger partial charge in [-0.1, -0.05) is 37.0 Å². The van der Waals surface area contributed by atoms with E-state index in [1.54, 1.807) is 0 Å². The van der Waals surface area contributed by atoms with Crippen LogP contribution >= 0.6 is 39.1 Å². The van der Waals surface area contributed by atoms with Crippen LogP contribution in [0.15, 0.2) is 16.6 Å². The highest BCUT2D eigenvalue weighted by Gasteiger charge is 2.10. The Hall–Kier alpha value is 0.0800. The lowest BCUT2D eigenvalue weighted by Gasteiger charge is -2.18. The fourth-order valence-corrected chi connectivity index (χ4v) is 2.18. The normalized spacial score (nSPS) is 10.8. The molecular weight excluding hydrogens is 297 g/mol. The summed E-state index contributed by atoms with van der Waals surface area (Å²) in [6, 6.07) is 4.29. The Morgan fingerprint density at radius 1 is 1.20 bits per heavy atom. The summed E-state index contributed by atoms with van der Waals surface area (Å²) in [4.78, 5) is 0. The van der Waals surface area contributed by atoms with Gasteiger partial charge in [0.1, 0.15) is 0 Å². The van der Waals surface area contributed by atoms with Crippen LogP contribution in [-0.2, 0) is 0 Å². The standard InChI is InChI=1S/C11H14BrCl2N/c1-3-7(4-2)15-9-6-5-8(12)10(13)11(9)14/h5-7,15H,3-4H2,1-2H3. The molecule has 1 aromatic rings. The van der Waals surface area contributed by atoms with Crippen LogP contribution in [0.25, 0.3) is 0 Å². The molecule has 0 aliphatic carbocycles. The van der Waals surface area contributed by atoms with Gasteiger partial charge in [-0.05, 0) is 40.9 Å². The first-order chi connectivity index (χ1) is 7.10. The Labute approximate surface area is 109 Å². The first kappa shape index (κ1) is 13.1. The van der Waals surface area contributed by atoms with Gasteiger partial charge in [0.15, 0.2) is 0 Å². The summed E-state index contributed by atoms with van der Waals surface area (Å²) in [5.41, 5.74) is 0.901. The van der Waals surface area contributed by atoms with Crippen LogP contribution < -0.4 is 5.32 Å². The molecule has 0 bridgehead atoms. The average Bonchev–Trinajstić information content (AvgIpc) is 2.25. The van der Waals surface area contributed by atoms with Gasteiger partial charge in [0.05, 0.1) is 15.7 Å². The Bertz CT molecular complexity index is 338. The van der Waals surface area contributed by atoms with Gasteiger partial charge in [-0.2, -0.15) is 0 Å². The molecule has 0 amide bonds. The molecule has 15 heavy (non-hydrogen) atoms. The first-order valence-corrected chi connectivity index (χ1v) is 6.55. The van der Waals surface area contributed by atoms with Crippen molar-refractivity contribution in [3.05, 3.63) is 26.7 Å². The molecule has 1 aromatic carbocycles. The molecule has 0 aliphatic rings. The Kier molecular flexibility index (Phi) is 5.24. The number of nitrogens with one attached hydrogen (secondary N) is 1. The number of anilines is 1. The monoisotopic (exact) mass is 309 g/mol. The van der Waals surface area contributed by atoms with Crippen molar-refractivity contribution in [3.8, 4) is 0 Å². The molecular formula is C11H14BrCl2N. The minimum Gasteiger partial charge on any atom is -0.381 e. The van der Waals surface area contributed by atoms with E-state index in [2.05, 4.69) is 35.1 Å². The molecule has 0 spiro atoms. The van der Waals surface area contributed by atoms with Gasteiger partial charge in [-0.15, -0.1) is 0 Å². The molecule has 0 aliphatic heterocycles. The number of hydrogen-bond acceptors (Lipinski definition) is 1. The zero-order valence-corrected chi connectivity index (χ0v) is 11.9. The van der Waals surface area contributed by atoms with E-state index in [1.165, 1.54) is 0 Å². The lowest BCUT2D eigenvalue weighted by atomic mass is 10.1. The number of benzene rings is 1. The van der Waals surface area contributed by atoms with Crippen molar-refractivity contribution in [2.24, 2.45) is 0 Å². The van der Waals surface area contributed by atoms with E-state index in [-0.39, 0.29) is 0 Å². The third-order valence-electron chi connectivity index (χ3n) is 2.38. The van der Waals surface area contributed by atoms with Crippen LogP contribution in [-0.4, -0.2) is 6.04 Å². The van der Waals surface area contributed by atoms with Crippen molar-refractivity contribution >= 4 is 44.8 Å². The maximum atomic E-state index is 6.13. The second-order valence-corrected chi connectivity index (χ2v) is 4.99. The summed E-state index contributed by atoms with van der Waals surface area (Å²) in [6.45, 7) is 4.30. The van der Waals surface area contributed by atoms with Crippen molar-refractivity contribution in [3.63, 3.8) is 0 Å². The smallest absolute Gasteiger partial charge is 0.0835 e. The van der Waals surface area contributed by atoms with Gasteiger partial charge >= 0.3 is 0 Å². The molecule has 1 N–H and O–H groups in total. The van der Waals surface area contributed by atoms with Crippen molar-refractivity contribution < 1.29 is 0 Å². The molecule has 0 aromatic heterocycles. The molecule has 4 heteroatoms. The summed E-state index contributed by atoms with van der Waals surface area (Å²) in [5.74, 6) is 0. The quantitative estimate of drug-likeness (QED) is 0.738. The largest absolute Gasteiger partial charge is 0.381 e.